The second-order valence-corrected chi connectivity index (χ2v) is 4.13. The summed E-state index contributed by atoms with van der Waals surface area (Å²) in [6, 6.07) is 0.0699. The van der Waals surface area contributed by atoms with Gasteiger partial charge in [0.15, 0.2) is 0 Å². The van der Waals surface area contributed by atoms with Crippen molar-refractivity contribution in [2.45, 2.75) is 26.8 Å². The van der Waals surface area contributed by atoms with E-state index in [1.807, 2.05) is 6.92 Å². The van der Waals surface area contributed by atoms with Crippen LogP contribution >= 0.6 is 0 Å². The maximum atomic E-state index is 5.35. The molecular weight excluding hydrogens is 204 g/mol. The van der Waals surface area contributed by atoms with E-state index in [9.17, 15) is 0 Å². The highest BCUT2D eigenvalue weighted by Crippen LogP contribution is 2.20. The molecule has 3 N–H and O–H groups in total. The van der Waals surface area contributed by atoms with Crippen molar-refractivity contribution in [3.8, 4) is 0 Å². The zero-order valence-electron chi connectivity index (χ0n) is 9.95. The molecule has 16 heavy (non-hydrogen) atoms. The number of aromatic nitrogens is 2. The van der Waals surface area contributed by atoms with Crippen LogP contribution in [-0.2, 0) is 0 Å². The standard InChI is InChI=1S/C11H18N4O/c1-6(2)8(5)9(7(3)4)13-11-14-10(12)16-15-11/h7,9H,1,5H2,2-4H3,(H3,12,13,14,15). The summed E-state index contributed by atoms with van der Waals surface area (Å²) in [7, 11) is 0. The molecule has 0 bridgehead atoms. The van der Waals surface area contributed by atoms with Gasteiger partial charge in [0.25, 0.3) is 5.95 Å². The summed E-state index contributed by atoms with van der Waals surface area (Å²) in [5.74, 6) is 0.711. The highest BCUT2D eigenvalue weighted by Gasteiger charge is 2.19. The topological polar surface area (TPSA) is 77.0 Å². The zero-order chi connectivity index (χ0) is 12.3. The van der Waals surface area contributed by atoms with Gasteiger partial charge in [-0.2, -0.15) is 4.98 Å². The third-order valence-corrected chi connectivity index (χ3v) is 2.32. The Kier molecular flexibility index (Phi) is 3.71. The summed E-state index contributed by atoms with van der Waals surface area (Å²) in [5.41, 5.74) is 7.21. The van der Waals surface area contributed by atoms with E-state index in [1.165, 1.54) is 0 Å². The fraction of sp³-hybridized carbons (Fsp3) is 0.455. The van der Waals surface area contributed by atoms with Crippen LogP contribution < -0.4 is 11.1 Å². The van der Waals surface area contributed by atoms with Crippen molar-refractivity contribution >= 4 is 12.0 Å². The zero-order valence-corrected chi connectivity index (χ0v) is 9.95. The molecule has 0 aromatic carbocycles. The second-order valence-electron chi connectivity index (χ2n) is 4.13. The minimum atomic E-state index is 0.0227. The van der Waals surface area contributed by atoms with E-state index in [0.29, 0.717) is 11.9 Å². The number of anilines is 2. The summed E-state index contributed by atoms with van der Waals surface area (Å²) in [6.45, 7) is 14.0. The van der Waals surface area contributed by atoms with E-state index >= 15 is 0 Å². The Balaban J connectivity index is 2.80. The number of nitrogens with zero attached hydrogens (tertiary/aromatic N) is 2. The monoisotopic (exact) mass is 222 g/mol. The minimum Gasteiger partial charge on any atom is -0.351 e. The molecule has 5 heteroatoms. The molecule has 1 atom stereocenters. The van der Waals surface area contributed by atoms with Gasteiger partial charge in [-0.25, -0.2) is 0 Å². The average Bonchev–Trinajstić information content (AvgIpc) is 2.59. The van der Waals surface area contributed by atoms with E-state index in [0.717, 1.165) is 11.1 Å². The van der Waals surface area contributed by atoms with E-state index < -0.39 is 0 Å². The van der Waals surface area contributed by atoms with Crippen molar-refractivity contribution in [1.29, 1.82) is 0 Å². The number of hydrogen-bond acceptors (Lipinski definition) is 5. The van der Waals surface area contributed by atoms with Crippen LogP contribution in [0.4, 0.5) is 12.0 Å². The van der Waals surface area contributed by atoms with E-state index in [1.54, 1.807) is 0 Å². The Morgan fingerprint density at radius 3 is 2.44 bits per heavy atom. The van der Waals surface area contributed by atoms with Gasteiger partial charge >= 0.3 is 6.01 Å². The molecule has 0 aliphatic carbocycles. The number of hydrogen-bond donors (Lipinski definition) is 2. The van der Waals surface area contributed by atoms with E-state index in [-0.39, 0.29) is 12.1 Å². The highest BCUT2D eigenvalue weighted by molar-refractivity contribution is 5.38. The molecule has 0 saturated heterocycles. The molecule has 0 amide bonds. The Hall–Kier alpha value is -1.78. The molecule has 0 aliphatic rings. The predicted molar refractivity (Wildman–Crippen MR) is 64.9 cm³/mol. The van der Waals surface area contributed by atoms with Crippen LogP contribution in [0.5, 0.6) is 0 Å². The van der Waals surface area contributed by atoms with E-state index in [4.69, 9.17) is 5.73 Å². The number of nitrogens with one attached hydrogen (secondary N) is 1. The lowest BCUT2D eigenvalue weighted by Gasteiger charge is -2.23. The first-order chi connectivity index (χ1) is 7.41. The van der Waals surface area contributed by atoms with Crippen LogP contribution in [0.15, 0.2) is 28.8 Å². The van der Waals surface area contributed by atoms with Crippen LogP contribution in [0, 0.1) is 5.92 Å². The lowest BCUT2D eigenvalue weighted by molar-refractivity contribution is 0.435. The molecule has 1 heterocycles. The van der Waals surface area contributed by atoms with Crippen LogP contribution in [0.2, 0.25) is 0 Å². The van der Waals surface area contributed by atoms with Gasteiger partial charge in [0.1, 0.15) is 0 Å². The molecule has 1 aromatic heterocycles. The largest absolute Gasteiger partial charge is 0.351 e. The van der Waals surface area contributed by atoms with Gasteiger partial charge in [0.05, 0.1) is 6.04 Å². The van der Waals surface area contributed by atoms with Crippen molar-refractivity contribution in [2.75, 3.05) is 11.1 Å². The molecule has 0 radical (unpaired) electrons. The molecule has 0 spiro atoms. The third-order valence-electron chi connectivity index (χ3n) is 2.32. The summed E-state index contributed by atoms with van der Waals surface area (Å²) in [4.78, 5) is 3.89. The maximum Gasteiger partial charge on any atom is 0.320 e. The van der Waals surface area contributed by atoms with Crippen LogP contribution in [-0.4, -0.2) is 16.2 Å². The van der Waals surface area contributed by atoms with Gasteiger partial charge in [-0.1, -0.05) is 32.6 Å². The van der Waals surface area contributed by atoms with Crippen molar-refractivity contribution < 1.29 is 4.52 Å². The predicted octanol–water partition coefficient (Wildman–Crippen LogP) is 2.22. The molecule has 0 aliphatic heterocycles. The van der Waals surface area contributed by atoms with Crippen LogP contribution in [0.25, 0.3) is 0 Å². The normalized spacial score (nSPS) is 12.5. The fourth-order valence-corrected chi connectivity index (χ4v) is 1.35. The molecule has 1 aromatic rings. The molecule has 5 nitrogen and oxygen atoms in total. The first-order valence-electron chi connectivity index (χ1n) is 5.12. The third kappa shape index (κ3) is 2.85. The first-order valence-corrected chi connectivity index (χ1v) is 5.12. The maximum absolute atomic E-state index is 5.35. The molecule has 0 saturated carbocycles. The van der Waals surface area contributed by atoms with Crippen molar-refractivity contribution in [1.82, 2.24) is 10.1 Å². The van der Waals surface area contributed by atoms with Crippen LogP contribution in [0.3, 0.4) is 0 Å². The van der Waals surface area contributed by atoms with Crippen molar-refractivity contribution in [3.63, 3.8) is 0 Å². The smallest absolute Gasteiger partial charge is 0.320 e. The lowest BCUT2D eigenvalue weighted by atomic mass is 9.93. The fourth-order valence-electron chi connectivity index (χ4n) is 1.35. The van der Waals surface area contributed by atoms with Gasteiger partial charge < -0.3 is 15.6 Å². The Labute approximate surface area is 95.4 Å². The lowest BCUT2D eigenvalue weighted by Crippen LogP contribution is -2.28. The number of nitrogens with two attached hydrogens (primary N) is 1. The van der Waals surface area contributed by atoms with Crippen molar-refractivity contribution in [2.24, 2.45) is 5.92 Å². The Morgan fingerprint density at radius 1 is 1.44 bits per heavy atom. The summed E-state index contributed by atoms with van der Waals surface area (Å²) >= 11 is 0. The summed E-state index contributed by atoms with van der Waals surface area (Å²) in [6.07, 6.45) is 0. The van der Waals surface area contributed by atoms with Gasteiger partial charge in [0, 0.05) is 0 Å². The van der Waals surface area contributed by atoms with Gasteiger partial charge in [-0.05, 0) is 23.6 Å². The SMILES string of the molecule is C=C(C)C(=C)C(Nc1noc(N)n1)C(C)C. The number of nitrogen functional groups attached to an aromatic ring is 1. The molecule has 1 unspecified atom stereocenters. The summed E-state index contributed by atoms with van der Waals surface area (Å²) < 4.78 is 4.69. The van der Waals surface area contributed by atoms with Crippen molar-refractivity contribution in [3.05, 3.63) is 24.3 Å². The van der Waals surface area contributed by atoms with Gasteiger partial charge in [-0.3, -0.25) is 0 Å². The Bertz CT molecular complexity index is 394. The molecule has 88 valence electrons. The Morgan fingerprint density at radius 2 is 2.06 bits per heavy atom. The van der Waals surface area contributed by atoms with Gasteiger partial charge in [0.2, 0.25) is 0 Å². The quantitative estimate of drug-likeness (QED) is 0.747. The minimum absolute atomic E-state index is 0.0227. The molecular formula is C11H18N4O. The number of rotatable bonds is 5. The summed E-state index contributed by atoms with van der Waals surface area (Å²) in [5, 5.41) is 6.81. The molecule has 0 fully saturated rings. The highest BCUT2D eigenvalue weighted by atomic mass is 16.5. The van der Waals surface area contributed by atoms with Gasteiger partial charge in [-0.15, -0.1) is 0 Å². The first kappa shape index (κ1) is 12.3. The second kappa shape index (κ2) is 4.83. The van der Waals surface area contributed by atoms with Crippen LogP contribution in [0.1, 0.15) is 20.8 Å². The average molecular weight is 222 g/mol. The molecule has 1 rings (SSSR count). The van der Waals surface area contributed by atoms with E-state index in [2.05, 4.69) is 47.0 Å².